The maximum Gasteiger partial charge on any atom is 0.139 e. The Morgan fingerprint density at radius 1 is 1.32 bits per heavy atom. The summed E-state index contributed by atoms with van der Waals surface area (Å²) in [6, 6.07) is 0.272. The zero-order valence-electron chi connectivity index (χ0n) is 20.2. The van der Waals surface area contributed by atoms with Crippen LogP contribution < -0.4 is 5.32 Å². The smallest absolute Gasteiger partial charge is 0.139 e. The molecular formula is C17H20N4S. The van der Waals surface area contributed by atoms with Gasteiger partial charge in [-0.3, -0.25) is 0 Å². The lowest BCUT2D eigenvalue weighted by atomic mass is 10.2. The van der Waals surface area contributed by atoms with Crippen LogP contribution in [0.3, 0.4) is 0 Å². The highest BCUT2D eigenvalue weighted by molar-refractivity contribution is 7.16. The topological polar surface area (TPSA) is 30.9 Å². The molecule has 0 aliphatic carbocycles. The van der Waals surface area contributed by atoms with Gasteiger partial charge < -0.3 is 15.1 Å². The molecule has 5 heteroatoms. The average Bonchev–Trinajstić information content (AvgIpc) is 2.90. The summed E-state index contributed by atoms with van der Waals surface area (Å²) in [7, 11) is 1.65. The van der Waals surface area contributed by atoms with Gasteiger partial charge in [-0.2, -0.15) is 0 Å². The highest BCUT2D eigenvalue weighted by Crippen LogP contribution is 2.39. The van der Waals surface area contributed by atoms with Crippen LogP contribution in [-0.4, -0.2) is 48.8 Å². The number of aryl methyl sites for hydroxylation is 1. The van der Waals surface area contributed by atoms with Crippen LogP contribution in [0.25, 0.3) is 0 Å². The molecule has 0 radical (unpaired) electrons. The van der Waals surface area contributed by atoms with Crippen molar-refractivity contribution in [3.05, 3.63) is 40.7 Å². The molecule has 0 bridgehead atoms. The van der Waals surface area contributed by atoms with E-state index >= 15 is 0 Å². The Labute approximate surface area is 146 Å². The number of hydrogen-bond donors (Lipinski definition) is 1. The molecule has 4 rings (SSSR count). The molecule has 4 nitrogen and oxygen atoms in total. The largest absolute Gasteiger partial charge is 0.353 e. The summed E-state index contributed by atoms with van der Waals surface area (Å²) in [6.45, 7) is -2.43. The van der Waals surface area contributed by atoms with Crippen LogP contribution in [0.4, 0.5) is 16.4 Å². The van der Waals surface area contributed by atoms with Crippen LogP contribution in [0.5, 0.6) is 0 Å². The molecule has 2 aliphatic rings. The second-order valence-corrected chi connectivity index (χ2v) is 6.46. The fourth-order valence-corrected chi connectivity index (χ4v) is 3.26. The molecule has 1 aromatic heterocycles. The Bertz CT molecular complexity index is 1060. The van der Waals surface area contributed by atoms with E-state index in [2.05, 4.69) is 10.3 Å². The summed E-state index contributed by atoms with van der Waals surface area (Å²) < 4.78 is 66.7. The summed E-state index contributed by atoms with van der Waals surface area (Å²) in [6.07, 6.45) is 0. The molecule has 114 valence electrons. The first-order chi connectivity index (χ1) is 13.8. The van der Waals surface area contributed by atoms with Crippen LogP contribution in [-0.2, 0) is 0 Å². The van der Waals surface area contributed by atoms with Crippen molar-refractivity contribution in [3.8, 4) is 0 Å². The highest BCUT2D eigenvalue weighted by atomic mass is 32.1. The summed E-state index contributed by atoms with van der Waals surface area (Å²) in [5.74, 6) is 0.00808. The number of nitrogens with zero attached hydrogens (tertiary/aromatic N) is 3. The summed E-state index contributed by atoms with van der Waals surface area (Å²) >= 11 is 1.33. The van der Waals surface area contributed by atoms with Gasteiger partial charge in [0.05, 0.1) is 27.9 Å². The van der Waals surface area contributed by atoms with Gasteiger partial charge in [0.25, 0.3) is 0 Å². The van der Waals surface area contributed by atoms with E-state index in [1.807, 2.05) is 6.92 Å². The molecule has 2 aromatic rings. The van der Waals surface area contributed by atoms with Crippen molar-refractivity contribution in [1.82, 2.24) is 9.80 Å². The molecule has 0 saturated carbocycles. The van der Waals surface area contributed by atoms with E-state index in [-0.39, 0.29) is 42.4 Å². The molecule has 0 atom stereocenters. The van der Waals surface area contributed by atoms with Gasteiger partial charge in [0, 0.05) is 31.0 Å². The first-order valence-electron chi connectivity index (χ1n) is 10.9. The van der Waals surface area contributed by atoms with Gasteiger partial charge in [-0.05, 0) is 32.1 Å². The van der Waals surface area contributed by atoms with Crippen LogP contribution in [0.15, 0.2) is 35.2 Å². The minimum atomic E-state index is -2.10. The fourth-order valence-electron chi connectivity index (χ4n) is 2.35. The van der Waals surface area contributed by atoms with Crippen LogP contribution in [0, 0.1) is 6.92 Å². The number of rotatable bonds is 0. The Morgan fingerprint density at radius 3 is 2.91 bits per heavy atom. The van der Waals surface area contributed by atoms with Gasteiger partial charge in [0.2, 0.25) is 0 Å². The molecule has 0 spiro atoms. The third-order valence-corrected chi connectivity index (χ3v) is 4.40. The lowest BCUT2D eigenvalue weighted by Crippen LogP contribution is -2.47. The van der Waals surface area contributed by atoms with E-state index in [9.17, 15) is 0 Å². The van der Waals surface area contributed by atoms with E-state index in [0.29, 0.717) is 10.6 Å². The maximum atomic E-state index is 8.54. The number of hydrogen-bond acceptors (Lipinski definition) is 5. The van der Waals surface area contributed by atoms with Crippen LogP contribution in [0.2, 0.25) is 0 Å². The number of anilines is 2. The van der Waals surface area contributed by atoms with Gasteiger partial charge in [0.15, 0.2) is 0 Å². The first-order valence-corrected chi connectivity index (χ1v) is 7.71. The predicted molar refractivity (Wildman–Crippen MR) is 94.0 cm³/mol. The summed E-state index contributed by atoms with van der Waals surface area (Å²) in [5.41, 5.74) is 0.486. The summed E-state index contributed by atoms with van der Waals surface area (Å²) in [4.78, 5) is 7.93. The molecule has 1 saturated heterocycles. The van der Waals surface area contributed by atoms with Crippen molar-refractivity contribution in [2.45, 2.75) is 6.92 Å². The van der Waals surface area contributed by atoms with Crippen molar-refractivity contribution in [2.75, 3.05) is 38.4 Å². The molecule has 1 aromatic carbocycles. The van der Waals surface area contributed by atoms with Gasteiger partial charge in [-0.15, -0.1) is 11.3 Å². The minimum absolute atomic E-state index is 0.00808. The van der Waals surface area contributed by atoms with Crippen molar-refractivity contribution in [1.29, 1.82) is 0 Å². The third-order valence-electron chi connectivity index (χ3n) is 3.43. The number of piperazine rings is 1. The third kappa shape index (κ3) is 2.40. The van der Waals surface area contributed by atoms with E-state index in [1.54, 1.807) is 18.0 Å². The molecule has 1 fully saturated rings. The van der Waals surface area contributed by atoms with Crippen LogP contribution in [0.1, 0.15) is 21.4 Å². The van der Waals surface area contributed by atoms with Gasteiger partial charge in [0.1, 0.15) is 10.8 Å². The Balaban J connectivity index is 2.04. The standard InChI is InChI=1S/C17H20N4S/c1-12-11-13-16(21-9-7-20(2)8-10-21)18-14-5-3-4-6-15(14)19-17(13)22-12/h3-6,11,19H,7-10H2,1-2H3/i3D,4D,5D,6D,9D2,10D2. The number of likely N-dealkylation sites (N-methyl/N-ethyl adjacent to an activating group) is 1. The number of amidine groups is 1. The fraction of sp³-hybridized carbons (Fsp3) is 0.353. The zero-order valence-corrected chi connectivity index (χ0v) is 13.1. The zero-order chi connectivity index (χ0) is 22.2. The second kappa shape index (κ2) is 5.41. The van der Waals surface area contributed by atoms with Gasteiger partial charge in [-0.25, -0.2) is 4.99 Å². The van der Waals surface area contributed by atoms with E-state index in [0.717, 1.165) is 9.78 Å². The maximum absolute atomic E-state index is 8.54. The van der Waals surface area contributed by atoms with Crippen molar-refractivity contribution < 1.29 is 11.0 Å². The molecule has 1 N–H and O–H groups in total. The van der Waals surface area contributed by atoms with Crippen molar-refractivity contribution >= 4 is 33.5 Å². The van der Waals surface area contributed by atoms with Crippen LogP contribution >= 0.6 is 11.3 Å². The monoisotopic (exact) mass is 320 g/mol. The van der Waals surface area contributed by atoms with Crippen molar-refractivity contribution in [2.24, 2.45) is 4.99 Å². The van der Waals surface area contributed by atoms with Crippen molar-refractivity contribution in [3.63, 3.8) is 0 Å². The predicted octanol–water partition coefficient (Wildman–Crippen LogP) is 3.44. The normalized spacial score (nSPS) is 27.9. The average molecular weight is 320 g/mol. The van der Waals surface area contributed by atoms with E-state index < -0.39 is 25.1 Å². The minimum Gasteiger partial charge on any atom is -0.353 e. The second-order valence-electron chi connectivity index (χ2n) is 5.21. The Kier molecular flexibility index (Phi) is 1.87. The quantitative estimate of drug-likeness (QED) is 0.807. The van der Waals surface area contributed by atoms with Gasteiger partial charge in [-0.1, -0.05) is 12.1 Å². The number of thiophene rings is 1. The summed E-state index contributed by atoms with van der Waals surface area (Å²) in [5, 5.41) is 3.57. The molecule has 0 unspecified atom stereocenters. The lowest BCUT2D eigenvalue weighted by Gasteiger charge is -2.34. The number of para-hydroxylation sites is 2. The van der Waals surface area contributed by atoms with E-state index in [1.165, 1.54) is 11.3 Å². The molecule has 0 amide bonds. The first kappa shape index (κ1) is 7.62. The van der Waals surface area contributed by atoms with Gasteiger partial charge >= 0.3 is 0 Å². The Hall–Kier alpha value is -1.85. The number of benzene rings is 1. The molecular weight excluding hydrogens is 292 g/mol. The number of nitrogens with one attached hydrogen (secondary N) is 1. The SMILES string of the molecule is [2H]c1c([2H])c([2H])c2c(c1[2H])N=C(N1C([2H])([2H])CN(C)CC1([2H])[2H])c1cc(C)sc1N2. The highest BCUT2D eigenvalue weighted by Gasteiger charge is 2.25. The molecule has 3 heterocycles. The molecule has 2 aliphatic heterocycles. The lowest BCUT2D eigenvalue weighted by molar-refractivity contribution is 0.216. The number of aliphatic imine (C=N–C) groups is 1. The Morgan fingerprint density at radius 2 is 2.09 bits per heavy atom. The van der Waals surface area contributed by atoms with E-state index in [4.69, 9.17) is 11.0 Å². The molecule has 22 heavy (non-hydrogen) atoms. The number of fused-ring (bicyclic) bond motifs is 2.